The number of pyridine rings is 1. The zero-order chi connectivity index (χ0) is 18.4. The van der Waals surface area contributed by atoms with Gasteiger partial charge in [0.05, 0.1) is 16.8 Å². The van der Waals surface area contributed by atoms with Crippen LogP contribution in [-0.2, 0) is 14.8 Å². The maximum absolute atomic E-state index is 12.8. The maximum atomic E-state index is 12.8. The Balaban J connectivity index is 1.55. The first kappa shape index (κ1) is 18.5. The van der Waals surface area contributed by atoms with Gasteiger partial charge in [0, 0.05) is 25.7 Å². The SMILES string of the molecule is O=C(CCC1CCCN(S(=O)(=O)c2ccccc2)C1)Nc1cccnc1. The average Bonchev–Trinajstić information content (AvgIpc) is 2.68. The summed E-state index contributed by atoms with van der Waals surface area (Å²) in [5, 5.41) is 2.82. The highest BCUT2D eigenvalue weighted by molar-refractivity contribution is 7.89. The van der Waals surface area contributed by atoms with Gasteiger partial charge >= 0.3 is 0 Å². The van der Waals surface area contributed by atoms with Crippen LogP contribution in [-0.4, -0.2) is 36.7 Å². The summed E-state index contributed by atoms with van der Waals surface area (Å²) in [5.41, 5.74) is 0.675. The molecule has 1 unspecified atom stereocenters. The van der Waals surface area contributed by atoms with Crippen LogP contribution in [0.1, 0.15) is 25.7 Å². The number of piperidine rings is 1. The summed E-state index contributed by atoms with van der Waals surface area (Å²) in [5.74, 6) is 0.128. The molecule has 1 aliphatic heterocycles. The molecule has 6 nitrogen and oxygen atoms in total. The summed E-state index contributed by atoms with van der Waals surface area (Å²) in [6.45, 7) is 1.01. The molecule has 0 bridgehead atoms. The van der Waals surface area contributed by atoms with E-state index in [-0.39, 0.29) is 11.8 Å². The third-order valence-electron chi connectivity index (χ3n) is 4.59. The fourth-order valence-electron chi connectivity index (χ4n) is 3.22. The number of aromatic nitrogens is 1. The minimum atomic E-state index is -3.46. The molecule has 7 heteroatoms. The Kier molecular flexibility index (Phi) is 6.00. The highest BCUT2D eigenvalue weighted by Gasteiger charge is 2.30. The zero-order valence-corrected chi connectivity index (χ0v) is 15.4. The van der Waals surface area contributed by atoms with Crippen molar-refractivity contribution >= 4 is 21.6 Å². The number of carbonyl (C=O) groups excluding carboxylic acids is 1. The summed E-state index contributed by atoms with van der Waals surface area (Å²) in [6.07, 6.45) is 6.07. The fraction of sp³-hybridized carbons (Fsp3) is 0.368. The van der Waals surface area contributed by atoms with E-state index in [1.54, 1.807) is 59.2 Å². The van der Waals surface area contributed by atoms with Crippen molar-refractivity contribution in [2.24, 2.45) is 5.92 Å². The lowest BCUT2D eigenvalue weighted by Crippen LogP contribution is -2.40. The molecule has 3 rings (SSSR count). The molecule has 26 heavy (non-hydrogen) atoms. The van der Waals surface area contributed by atoms with Crippen LogP contribution in [0.2, 0.25) is 0 Å². The lowest BCUT2D eigenvalue weighted by Gasteiger charge is -2.31. The van der Waals surface area contributed by atoms with E-state index < -0.39 is 10.0 Å². The van der Waals surface area contributed by atoms with E-state index >= 15 is 0 Å². The number of anilines is 1. The molecule has 1 aliphatic rings. The molecule has 1 aromatic heterocycles. The van der Waals surface area contributed by atoms with Crippen LogP contribution in [0, 0.1) is 5.92 Å². The van der Waals surface area contributed by atoms with Gasteiger partial charge in [0.2, 0.25) is 15.9 Å². The van der Waals surface area contributed by atoms with Gasteiger partial charge in [0.1, 0.15) is 0 Å². The molecular formula is C19H23N3O3S. The van der Waals surface area contributed by atoms with Crippen molar-refractivity contribution in [1.82, 2.24) is 9.29 Å². The molecule has 1 amide bonds. The number of sulfonamides is 1. The summed E-state index contributed by atoms with van der Waals surface area (Å²) < 4.78 is 27.1. The lowest BCUT2D eigenvalue weighted by molar-refractivity contribution is -0.116. The first-order valence-corrected chi connectivity index (χ1v) is 10.2. The smallest absolute Gasteiger partial charge is 0.243 e. The standard InChI is InChI=1S/C19H23N3O3S/c23-19(21-17-7-4-12-20-14-17)11-10-16-6-5-13-22(15-16)26(24,25)18-8-2-1-3-9-18/h1-4,7-9,12,14,16H,5-6,10-11,13,15H2,(H,21,23). The van der Waals surface area contributed by atoms with Crippen LogP contribution in [0.25, 0.3) is 0 Å². The number of hydrogen-bond donors (Lipinski definition) is 1. The van der Waals surface area contributed by atoms with Crippen molar-refractivity contribution < 1.29 is 13.2 Å². The number of rotatable bonds is 6. The minimum absolute atomic E-state index is 0.0685. The van der Waals surface area contributed by atoms with E-state index in [0.717, 1.165) is 12.8 Å². The van der Waals surface area contributed by atoms with Crippen molar-refractivity contribution in [2.45, 2.75) is 30.6 Å². The van der Waals surface area contributed by atoms with E-state index in [1.165, 1.54) is 0 Å². The zero-order valence-electron chi connectivity index (χ0n) is 14.5. The van der Waals surface area contributed by atoms with Gasteiger partial charge in [0.25, 0.3) is 0 Å². The van der Waals surface area contributed by atoms with E-state index in [1.807, 2.05) is 0 Å². The highest BCUT2D eigenvalue weighted by atomic mass is 32.2. The van der Waals surface area contributed by atoms with E-state index in [4.69, 9.17) is 0 Å². The second-order valence-corrected chi connectivity index (χ2v) is 8.45. The van der Waals surface area contributed by atoms with Gasteiger partial charge in [-0.2, -0.15) is 4.31 Å². The van der Waals surface area contributed by atoms with Crippen molar-refractivity contribution in [3.8, 4) is 0 Å². The maximum Gasteiger partial charge on any atom is 0.243 e. The van der Waals surface area contributed by atoms with Crippen LogP contribution in [0.5, 0.6) is 0 Å². The lowest BCUT2D eigenvalue weighted by atomic mass is 9.94. The Bertz CT molecular complexity index is 826. The molecule has 0 aliphatic carbocycles. The van der Waals surface area contributed by atoms with Gasteiger partial charge in [-0.15, -0.1) is 0 Å². The van der Waals surface area contributed by atoms with E-state index in [0.29, 0.717) is 36.5 Å². The monoisotopic (exact) mass is 373 g/mol. The van der Waals surface area contributed by atoms with Crippen molar-refractivity contribution in [3.05, 3.63) is 54.9 Å². The Labute approximate surface area is 154 Å². The second kappa shape index (κ2) is 8.42. The second-order valence-electron chi connectivity index (χ2n) is 6.51. The van der Waals surface area contributed by atoms with Crippen molar-refractivity contribution in [2.75, 3.05) is 18.4 Å². The summed E-state index contributed by atoms with van der Waals surface area (Å²) in [6, 6.07) is 12.1. The van der Waals surface area contributed by atoms with E-state index in [2.05, 4.69) is 10.3 Å². The molecule has 1 fully saturated rings. The van der Waals surface area contributed by atoms with Crippen LogP contribution in [0.3, 0.4) is 0 Å². The van der Waals surface area contributed by atoms with Crippen LogP contribution >= 0.6 is 0 Å². The normalized spacial score (nSPS) is 18.4. The number of nitrogens with zero attached hydrogens (tertiary/aromatic N) is 2. The third kappa shape index (κ3) is 4.68. The van der Waals surface area contributed by atoms with Gasteiger partial charge < -0.3 is 5.32 Å². The molecular weight excluding hydrogens is 350 g/mol. The Morgan fingerprint density at radius 2 is 2.00 bits per heavy atom. The Morgan fingerprint density at radius 3 is 2.73 bits per heavy atom. The minimum Gasteiger partial charge on any atom is -0.325 e. The molecule has 1 atom stereocenters. The highest BCUT2D eigenvalue weighted by Crippen LogP contribution is 2.26. The van der Waals surface area contributed by atoms with Gasteiger partial charge in [-0.05, 0) is 49.4 Å². The molecule has 2 aromatic rings. The first-order valence-electron chi connectivity index (χ1n) is 8.81. The topological polar surface area (TPSA) is 79.4 Å². The number of carbonyl (C=O) groups is 1. The predicted molar refractivity (Wildman–Crippen MR) is 100 cm³/mol. The van der Waals surface area contributed by atoms with Crippen molar-refractivity contribution in [3.63, 3.8) is 0 Å². The number of amides is 1. The summed E-state index contributed by atoms with van der Waals surface area (Å²) in [4.78, 5) is 16.4. The van der Waals surface area contributed by atoms with E-state index in [9.17, 15) is 13.2 Å². The van der Waals surface area contributed by atoms with Gasteiger partial charge in [0.15, 0.2) is 0 Å². The Hall–Kier alpha value is -2.25. The van der Waals surface area contributed by atoms with Crippen LogP contribution in [0.15, 0.2) is 59.8 Å². The predicted octanol–water partition coefficient (Wildman–Crippen LogP) is 2.90. The molecule has 1 N–H and O–H groups in total. The van der Waals surface area contributed by atoms with Crippen LogP contribution < -0.4 is 5.32 Å². The molecule has 0 radical (unpaired) electrons. The quantitative estimate of drug-likeness (QED) is 0.844. The Morgan fingerprint density at radius 1 is 1.19 bits per heavy atom. The van der Waals surface area contributed by atoms with Gasteiger partial charge in [-0.1, -0.05) is 18.2 Å². The summed E-state index contributed by atoms with van der Waals surface area (Å²) >= 11 is 0. The molecule has 2 heterocycles. The molecule has 1 aromatic carbocycles. The molecule has 138 valence electrons. The molecule has 1 saturated heterocycles. The van der Waals surface area contributed by atoms with Gasteiger partial charge in [-0.25, -0.2) is 8.42 Å². The summed E-state index contributed by atoms with van der Waals surface area (Å²) in [7, 11) is -3.46. The van der Waals surface area contributed by atoms with Gasteiger partial charge in [-0.3, -0.25) is 9.78 Å². The fourth-order valence-corrected chi connectivity index (χ4v) is 4.79. The largest absolute Gasteiger partial charge is 0.325 e. The number of benzene rings is 1. The molecule has 0 spiro atoms. The average molecular weight is 373 g/mol. The number of nitrogens with one attached hydrogen (secondary N) is 1. The first-order chi connectivity index (χ1) is 12.6. The van der Waals surface area contributed by atoms with Crippen molar-refractivity contribution in [1.29, 1.82) is 0 Å². The molecule has 0 saturated carbocycles. The number of hydrogen-bond acceptors (Lipinski definition) is 4. The third-order valence-corrected chi connectivity index (χ3v) is 6.47. The van der Waals surface area contributed by atoms with Crippen LogP contribution in [0.4, 0.5) is 5.69 Å².